The molecular formula is C23H25F6N7O. The van der Waals surface area contributed by atoms with Crippen molar-refractivity contribution in [2.45, 2.75) is 38.3 Å². The molecule has 1 fully saturated rings. The van der Waals surface area contributed by atoms with E-state index in [0.717, 1.165) is 17.8 Å². The number of hydrogen-bond donors (Lipinski definition) is 2. The lowest BCUT2D eigenvalue weighted by Crippen LogP contribution is -2.36. The van der Waals surface area contributed by atoms with Gasteiger partial charge in [-0.05, 0) is 37.6 Å². The number of nitrogens with zero attached hydrogens (tertiary/aromatic N) is 5. The Morgan fingerprint density at radius 1 is 1.00 bits per heavy atom. The van der Waals surface area contributed by atoms with Gasteiger partial charge >= 0.3 is 12.4 Å². The van der Waals surface area contributed by atoms with Crippen LogP contribution in [0.3, 0.4) is 0 Å². The highest BCUT2D eigenvalue weighted by Gasteiger charge is 2.48. The Hall–Kier alpha value is -3.42. The Bertz CT molecular complexity index is 1260. The number of halogens is 6. The molecule has 0 amide bonds. The monoisotopic (exact) mass is 529 g/mol. The van der Waals surface area contributed by atoms with E-state index >= 15 is 0 Å². The summed E-state index contributed by atoms with van der Waals surface area (Å²) >= 11 is 0. The van der Waals surface area contributed by atoms with Crippen molar-refractivity contribution in [1.82, 2.24) is 19.9 Å². The number of ether oxygens (including phenoxy) is 1. The summed E-state index contributed by atoms with van der Waals surface area (Å²) in [6, 6.07) is 4.81. The van der Waals surface area contributed by atoms with Crippen LogP contribution in [0.25, 0.3) is 10.9 Å². The van der Waals surface area contributed by atoms with Crippen molar-refractivity contribution >= 4 is 28.6 Å². The molecule has 8 nitrogen and oxygen atoms in total. The van der Waals surface area contributed by atoms with Crippen molar-refractivity contribution in [2.24, 2.45) is 5.92 Å². The Balaban J connectivity index is 1.63. The zero-order valence-corrected chi connectivity index (χ0v) is 20.2. The maximum atomic E-state index is 13.3. The molecule has 14 heteroatoms. The summed E-state index contributed by atoms with van der Waals surface area (Å²) in [4.78, 5) is 19.0. The second kappa shape index (κ2) is 10.1. The average molecular weight is 529 g/mol. The first-order chi connectivity index (χ1) is 17.3. The third kappa shape index (κ3) is 6.29. The molecule has 4 rings (SSSR count). The molecule has 2 N–H and O–H groups in total. The van der Waals surface area contributed by atoms with E-state index in [1.54, 1.807) is 32.0 Å². The molecule has 1 aliphatic heterocycles. The van der Waals surface area contributed by atoms with Crippen molar-refractivity contribution in [1.29, 1.82) is 0 Å². The van der Waals surface area contributed by atoms with Gasteiger partial charge in [-0.2, -0.15) is 31.3 Å². The highest BCUT2D eigenvalue weighted by atomic mass is 19.4. The zero-order chi connectivity index (χ0) is 27.0. The number of nitrogens with one attached hydrogen (secondary N) is 2. The van der Waals surface area contributed by atoms with Gasteiger partial charge in [0, 0.05) is 44.2 Å². The van der Waals surface area contributed by atoms with E-state index in [4.69, 9.17) is 4.74 Å². The first kappa shape index (κ1) is 26.6. The van der Waals surface area contributed by atoms with Gasteiger partial charge in [0.05, 0.1) is 23.3 Å². The molecule has 1 saturated heterocycles. The summed E-state index contributed by atoms with van der Waals surface area (Å²) in [7, 11) is 3.58. The van der Waals surface area contributed by atoms with E-state index in [0.29, 0.717) is 17.0 Å². The second-order valence-corrected chi connectivity index (χ2v) is 8.94. The van der Waals surface area contributed by atoms with Crippen molar-refractivity contribution in [2.75, 3.05) is 42.8 Å². The minimum absolute atomic E-state index is 0.0160. The lowest BCUT2D eigenvalue weighted by Gasteiger charge is -2.21. The van der Waals surface area contributed by atoms with Crippen LogP contribution in [0.2, 0.25) is 0 Å². The smallest absolute Gasteiger partial charge is 0.368 e. The van der Waals surface area contributed by atoms with Crippen LogP contribution in [-0.4, -0.2) is 59.5 Å². The fourth-order valence-corrected chi connectivity index (χ4v) is 4.03. The Morgan fingerprint density at radius 2 is 1.76 bits per heavy atom. The number of rotatable bonds is 7. The Morgan fingerprint density at radius 3 is 2.43 bits per heavy atom. The first-order valence-corrected chi connectivity index (χ1v) is 11.4. The zero-order valence-electron chi connectivity index (χ0n) is 20.2. The Kier molecular flexibility index (Phi) is 7.31. The van der Waals surface area contributed by atoms with E-state index in [2.05, 4.69) is 30.6 Å². The van der Waals surface area contributed by atoms with Crippen molar-refractivity contribution in [3.8, 4) is 0 Å². The van der Waals surface area contributed by atoms with E-state index in [9.17, 15) is 26.3 Å². The number of aryl methyl sites for hydroxylation is 1. The minimum atomic E-state index is -4.59. The summed E-state index contributed by atoms with van der Waals surface area (Å²) in [6.45, 7) is 1.78. The molecule has 0 bridgehead atoms. The van der Waals surface area contributed by atoms with Gasteiger partial charge in [-0.25, -0.2) is 15.0 Å². The summed E-state index contributed by atoms with van der Waals surface area (Å²) in [5.74, 6) is -0.292. The van der Waals surface area contributed by atoms with Gasteiger partial charge in [-0.3, -0.25) is 0 Å². The average Bonchev–Trinajstić information content (AvgIpc) is 3.29. The maximum absolute atomic E-state index is 13.3. The van der Waals surface area contributed by atoms with Crippen molar-refractivity contribution < 1.29 is 31.1 Å². The van der Waals surface area contributed by atoms with Crippen molar-refractivity contribution in [3.05, 3.63) is 41.2 Å². The van der Waals surface area contributed by atoms with Crippen molar-refractivity contribution in [3.63, 3.8) is 0 Å². The first-order valence-electron chi connectivity index (χ1n) is 11.4. The number of anilines is 3. The molecule has 0 aliphatic carbocycles. The number of aromatic nitrogens is 4. The lowest BCUT2D eigenvalue weighted by atomic mass is 10.0. The van der Waals surface area contributed by atoms with Crippen LogP contribution in [0.1, 0.15) is 23.4 Å². The summed E-state index contributed by atoms with van der Waals surface area (Å²) < 4.78 is 84.5. The standard InChI is InChI=1S/C23H25F6N7O/c1-12-8-15(33-21(32-12)36(2)3)11-30-19-16-5-4-14(22(24,25)26)9-17(16)34-20(35-19)31-10-13-6-7-37-18(13)23(27,28)29/h4-5,8-9,13,18H,6-7,10-11H2,1-3H3,(H2,30,31,34,35). The predicted octanol–water partition coefficient (Wildman–Crippen LogP) is 4.80. The van der Waals surface area contributed by atoms with E-state index in [1.165, 1.54) is 6.07 Å². The van der Waals surface area contributed by atoms with Gasteiger partial charge in [0.15, 0.2) is 6.10 Å². The SMILES string of the molecule is Cc1cc(CNc2nc(NCC3CCOC3C(F)(F)F)nc3cc(C(F)(F)F)ccc23)nc(N(C)C)n1. The highest BCUT2D eigenvalue weighted by molar-refractivity contribution is 5.90. The van der Waals surface area contributed by atoms with E-state index in [1.807, 2.05) is 0 Å². The second-order valence-electron chi connectivity index (χ2n) is 8.94. The van der Waals surface area contributed by atoms with Crippen LogP contribution in [0.15, 0.2) is 24.3 Å². The van der Waals surface area contributed by atoms with Crippen LogP contribution < -0.4 is 15.5 Å². The molecule has 0 radical (unpaired) electrons. The molecule has 3 heterocycles. The molecular weight excluding hydrogens is 504 g/mol. The van der Waals surface area contributed by atoms with E-state index in [-0.39, 0.29) is 43.4 Å². The molecule has 0 saturated carbocycles. The predicted molar refractivity (Wildman–Crippen MR) is 125 cm³/mol. The lowest BCUT2D eigenvalue weighted by molar-refractivity contribution is -0.215. The molecule has 37 heavy (non-hydrogen) atoms. The molecule has 0 spiro atoms. The van der Waals surface area contributed by atoms with Crippen LogP contribution in [0.5, 0.6) is 0 Å². The third-order valence-corrected chi connectivity index (χ3v) is 5.82. The van der Waals surface area contributed by atoms with E-state index < -0.39 is 29.9 Å². The van der Waals surface area contributed by atoms with Crippen LogP contribution >= 0.6 is 0 Å². The third-order valence-electron chi connectivity index (χ3n) is 5.82. The fourth-order valence-electron chi connectivity index (χ4n) is 4.03. The van der Waals surface area contributed by atoms with Gasteiger partial charge in [0.1, 0.15) is 5.82 Å². The number of alkyl halides is 6. The number of hydrogen-bond acceptors (Lipinski definition) is 8. The number of fused-ring (bicyclic) bond motifs is 1. The minimum Gasteiger partial charge on any atom is -0.368 e. The van der Waals surface area contributed by atoms with Crippen LogP contribution in [0, 0.1) is 12.8 Å². The van der Waals surface area contributed by atoms with Gasteiger partial charge in [0.2, 0.25) is 11.9 Å². The largest absolute Gasteiger partial charge is 0.416 e. The topological polar surface area (TPSA) is 88.1 Å². The molecule has 1 aromatic carbocycles. The normalized spacial score (nSPS) is 18.3. The molecule has 2 unspecified atom stereocenters. The van der Waals surface area contributed by atoms with Gasteiger partial charge < -0.3 is 20.3 Å². The summed E-state index contributed by atoms with van der Waals surface area (Å²) in [5.41, 5.74) is 0.412. The highest BCUT2D eigenvalue weighted by Crippen LogP contribution is 2.35. The number of benzene rings is 1. The molecule has 200 valence electrons. The van der Waals surface area contributed by atoms with Crippen LogP contribution in [-0.2, 0) is 17.5 Å². The molecule has 3 aromatic rings. The molecule has 1 aliphatic rings. The molecule has 2 aromatic heterocycles. The van der Waals surface area contributed by atoms with Crippen LogP contribution in [0.4, 0.5) is 44.1 Å². The maximum Gasteiger partial charge on any atom is 0.416 e. The van der Waals surface area contributed by atoms with Gasteiger partial charge in [-0.1, -0.05) is 0 Å². The van der Waals surface area contributed by atoms with Gasteiger partial charge in [-0.15, -0.1) is 0 Å². The fraction of sp³-hybridized carbons (Fsp3) is 0.478. The quantitative estimate of drug-likeness (QED) is 0.422. The molecule has 2 atom stereocenters. The summed E-state index contributed by atoms with van der Waals surface area (Å²) in [5, 5.41) is 6.14. The van der Waals surface area contributed by atoms with Gasteiger partial charge in [0.25, 0.3) is 0 Å². The Labute approximate surface area is 208 Å². The summed E-state index contributed by atoms with van der Waals surface area (Å²) in [6.07, 6.45) is -10.9.